The Balaban J connectivity index is 2.20. The van der Waals surface area contributed by atoms with E-state index in [0.717, 1.165) is 42.2 Å². The molecule has 1 saturated heterocycles. The standard InChI is InChI=1S/C15H21ClN4/c1-2-14(17)20(15(18)13-4-3-9-19-13)10-11-5-7-12(16)8-6-11/h5-8,13,17-19H,2-4,9-10H2,1H3/p+1/t13-/m1/s1. The maximum atomic E-state index is 8.40. The summed E-state index contributed by atoms with van der Waals surface area (Å²) in [5, 5.41) is 12.5. The third kappa shape index (κ3) is 3.58. The van der Waals surface area contributed by atoms with Crippen LogP contribution in [0.1, 0.15) is 31.7 Å². The maximum Gasteiger partial charge on any atom is 0.247 e. The lowest BCUT2D eigenvalue weighted by Gasteiger charge is -2.15. The van der Waals surface area contributed by atoms with Crippen molar-refractivity contribution in [2.45, 2.75) is 38.8 Å². The quantitative estimate of drug-likeness (QED) is 0.453. The number of amidine groups is 2. The first-order valence-electron chi connectivity index (χ1n) is 7.07. The van der Waals surface area contributed by atoms with Crippen molar-refractivity contribution in [1.82, 2.24) is 5.32 Å². The van der Waals surface area contributed by atoms with Gasteiger partial charge in [0.15, 0.2) is 5.84 Å². The molecule has 20 heavy (non-hydrogen) atoms. The SMILES string of the molecule is CCC(N)=[N+](Cc1ccc(Cl)cc1)C(=N)[C@H]1CCCN1. The molecule has 1 heterocycles. The van der Waals surface area contributed by atoms with E-state index in [0.29, 0.717) is 12.4 Å². The van der Waals surface area contributed by atoms with Gasteiger partial charge in [-0.25, -0.2) is 4.58 Å². The Bertz CT molecular complexity index is 501. The third-order valence-corrected chi connectivity index (χ3v) is 3.90. The van der Waals surface area contributed by atoms with Crippen LogP contribution in [-0.4, -0.2) is 28.8 Å². The molecule has 0 radical (unpaired) electrons. The molecule has 5 heteroatoms. The molecule has 1 aromatic carbocycles. The third-order valence-electron chi connectivity index (χ3n) is 3.64. The van der Waals surface area contributed by atoms with Crippen molar-refractivity contribution in [2.24, 2.45) is 5.73 Å². The number of nitrogens with one attached hydrogen (secondary N) is 2. The van der Waals surface area contributed by atoms with E-state index in [9.17, 15) is 0 Å². The number of rotatable bonds is 4. The van der Waals surface area contributed by atoms with E-state index in [4.69, 9.17) is 22.7 Å². The fraction of sp³-hybridized carbons (Fsp3) is 0.467. The predicted molar refractivity (Wildman–Crippen MR) is 83.7 cm³/mol. The van der Waals surface area contributed by atoms with Gasteiger partial charge in [0, 0.05) is 11.4 Å². The first kappa shape index (κ1) is 15.0. The molecule has 4 nitrogen and oxygen atoms in total. The van der Waals surface area contributed by atoms with Gasteiger partial charge in [-0.1, -0.05) is 30.7 Å². The lowest BCUT2D eigenvalue weighted by Crippen LogP contribution is -2.42. The first-order valence-corrected chi connectivity index (χ1v) is 7.44. The number of halogens is 1. The van der Waals surface area contributed by atoms with Crippen molar-refractivity contribution < 1.29 is 4.58 Å². The first-order chi connectivity index (χ1) is 9.61. The molecule has 4 N–H and O–H groups in total. The van der Waals surface area contributed by atoms with Crippen LogP contribution >= 0.6 is 11.6 Å². The molecule has 0 spiro atoms. The van der Waals surface area contributed by atoms with E-state index in [2.05, 4.69) is 5.32 Å². The van der Waals surface area contributed by atoms with Crippen LogP contribution < -0.4 is 11.1 Å². The monoisotopic (exact) mass is 293 g/mol. The zero-order valence-electron chi connectivity index (χ0n) is 11.8. The molecule has 0 saturated carbocycles. The van der Waals surface area contributed by atoms with Gasteiger partial charge in [-0.3, -0.25) is 0 Å². The highest BCUT2D eigenvalue weighted by molar-refractivity contribution is 6.30. The summed E-state index contributed by atoms with van der Waals surface area (Å²) in [5.41, 5.74) is 7.22. The molecule has 2 rings (SSSR count). The number of nitrogens with two attached hydrogens (primary N) is 1. The van der Waals surface area contributed by atoms with Gasteiger partial charge in [0.05, 0.1) is 12.6 Å². The number of benzene rings is 1. The van der Waals surface area contributed by atoms with Crippen molar-refractivity contribution >= 4 is 23.3 Å². The summed E-state index contributed by atoms with van der Waals surface area (Å²) >= 11 is 5.91. The van der Waals surface area contributed by atoms with Crippen LogP contribution in [0, 0.1) is 5.41 Å². The molecule has 0 unspecified atom stereocenters. The fourth-order valence-electron chi connectivity index (χ4n) is 2.41. The maximum absolute atomic E-state index is 8.40. The minimum Gasteiger partial charge on any atom is -0.322 e. The van der Waals surface area contributed by atoms with E-state index in [1.165, 1.54) is 0 Å². The van der Waals surface area contributed by atoms with Gasteiger partial charge in [0.1, 0.15) is 0 Å². The molecule has 1 fully saturated rings. The van der Waals surface area contributed by atoms with Gasteiger partial charge >= 0.3 is 0 Å². The van der Waals surface area contributed by atoms with E-state index in [1.54, 1.807) is 0 Å². The van der Waals surface area contributed by atoms with Crippen molar-refractivity contribution in [2.75, 3.05) is 6.54 Å². The average Bonchev–Trinajstić information content (AvgIpc) is 2.99. The molecule has 0 bridgehead atoms. The van der Waals surface area contributed by atoms with E-state index in [1.807, 2.05) is 35.8 Å². The Hall–Kier alpha value is -1.39. The summed E-state index contributed by atoms with van der Waals surface area (Å²) in [6.07, 6.45) is 2.86. The molecule has 1 aromatic rings. The molecule has 1 atom stereocenters. The van der Waals surface area contributed by atoms with Crippen LogP contribution in [0.4, 0.5) is 0 Å². The Morgan fingerprint density at radius 1 is 1.45 bits per heavy atom. The fourth-order valence-corrected chi connectivity index (χ4v) is 2.54. The smallest absolute Gasteiger partial charge is 0.247 e. The molecule has 108 valence electrons. The molecule has 1 aliphatic heterocycles. The largest absolute Gasteiger partial charge is 0.322 e. The summed E-state index contributed by atoms with van der Waals surface area (Å²) in [6, 6.07) is 7.82. The van der Waals surface area contributed by atoms with Crippen LogP contribution in [0.2, 0.25) is 5.02 Å². The van der Waals surface area contributed by atoms with Crippen LogP contribution in [0.5, 0.6) is 0 Å². The Morgan fingerprint density at radius 2 is 2.15 bits per heavy atom. The van der Waals surface area contributed by atoms with Gasteiger partial charge in [-0.2, -0.15) is 5.41 Å². The van der Waals surface area contributed by atoms with Crippen LogP contribution in [-0.2, 0) is 6.54 Å². The number of hydrogen-bond acceptors (Lipinski definition) is 2. The van der Waals surface area contributed by atoms with Crippen molar-refractivity contribution in [3.8, 4) is 0 Å². The highest BCUT2D eigenvalue weighted by Gasteiger charge is 2.26. The average molecular weight is 294 g/mol. The lowest BCUT2D eigenvalue weighted by molar-refractivity contribution is -0.433. The lowest BCUT2D eigenvalue weighted by atomic mass is 10.1. The van der Waals surface area contributed by atoms with Gasteiger partial charge in [0.25, 0.3) is 0 Å². The van der Waals surface area contributed by atoms with Gasteiger partial charge in [-0.05, 0) is 37.1 Å². The molecule has 1 aliphatic rings. The van der Waals surface area contributed by atoms with Gasteiger partial charge < -0.3 is 11.1 Å². The normalized spacial score (nSPS) is 19.8. The Kier molecular flexibility index (Phi) is 5.15. The zero-order valence-corrected chi connectivity index (χ0v) is 12.6. The number of hydrogen-bond donors (Lipinski definition) is 3. The van der Waals surface area contributed by atoms with E-state index >= 15 is 0 Å². The van der Waals surface area contributed by atoms with Crippen LogP contribution in [0.25, 0.3) is 0 Å². The van der Waals surface area contributed by atoms with Crippen molar-refractivity contribution in [3.63, 3.8) is 0 Å². The van der Waals surface area contributed by atoms with Crippen LogP contribution in [0.3, 0.4) is 0 Å². The van der Waals surface area contributed by atoms with Gasteiger partial charge in [-0.15, -0.1) is 0 Å². The summed E-state index contributed by atoms with van der Waals surface area (Å²) in [6.45, 7) is 3.61. The molecular weight excluding hydrogens is 272 g/mol. The molecular formula is C15H22ClN4+. The molecule has 0 aromatic heterocycles. The summed E-state index contributed by atoms with van der Waals surface area (Å²) < 4.78 is 1.91. The zero-order chi connectivity index (χ0) is 14.5. The highest BCUT2D eigenvalue weighted by Crippen LogP contribution is 2.13. The van der Waals surface area contributed by atoms with Gasteiger partial charge in [0.2, 0.25) is 5.84 Å². The molecule has 0 amide bonds. The summed E-state index contributed by atoms with van der Waals surface area (Å²) in [7, 11) is 0. The molecule has 0 aliphatic carbocycles. The second-order valence-electron chi connectivity index (χ2n) is 5.09. The second kappa shape index (κ2) is 6.86. The van der Waals surface area contributed by atoms with E-state index in [-0.39, 0.29) is 6.04 Å². The summed E-state index contributed by atoms with van der Waals surface area (Å²) in [5.74, 6) is 1.30. The van der Waals surface area contributed by atoms with E-state index < -0.39 is 0 Å². The number of nitrogens with zero attached hydrogens (tertiary/aromatic N) is 1. The highest BCUT2D eigenvalue weighted by atomic mass is 35.5. The van der Waals surface area contributed by atoms with Crippen molar-refractivity contribution in [3.05, 3.63) is 34.9 Å². The Labute approximate surface area is 125 Å². The van der Waals surface area contributed by atoms with Crippen molar-refractivity contribution in [1.29, 1.82) is 5.41 Å². The van der Waals surface area contributed by atoms with Crippen LogP contribution in [0.15, 0.2) is 24.3 Å². The minimum atomic E-state index is 0.118. The topological polar surface area (TPSA) is 64.9 Å². The Morgan fingerprint density at radius 3 is 2.70 bits per heavy atom. The second-order valence-corrected chi connectivity index (χ2v) is 5.53. The predicted octanol–water partition coefficient (Wildman–Crippen LogP) is 2.35. The minimum absolute atomic E-state index is 0.118. The summed E-state index contributed by atoms with van der Waals surface area (Å²) in [4.78, 5) is 0.